The second-order valence-corrected chi connectivity index (χ2v) is 1.19. The zero-order valence-corrected chi connectivity index (χ0v) is 4.22. The molecule has 0 aliphatic rings. The van der Waals surface area contributed by atoms with Gasteiger partial charge in [0, 0.05) is 0 Å². The third kappa shape index (κ3) is 5.25. The van der Waals surface area contributed by atoms with Gasteiger partial charge in [0.2, 0.25) is 0 Å². The van der Waals surface area contributed by atoms with E-state index in [2.05, 4.69) is 11.9 Å². The van der Waals surface area contributed by atoms with Gasteiger partial charge in [-0.1, -0.05) is 0 Å². The first kappa shape index (κ1) is 6.25. The average Bonchev–Trinajstić information content (AvgIpc) is 1.69. The van der Waals surface area contributed by atoms with Gasteiger partial charge in [0.25, 0.3) is 0 Å². The Hall–Kier alpha value is -0.750. The van der Waals surface area contributed by atoms with Crippen LogP contribution in [0.2, 0.25) is 0 Å². The van der Waals surface area contributed by atoms with Crippen LogP contribution in [-0.2, 0) is 0 Å². The van der Waals surface area contributed by atoms with E-state index in [0.29, 0.717) is 6.54 Å². The molecule has 0 aromatic rings. The van der Waals surface area contributed by atoms with Crippen molar-refractivity contribution in [1.82, 2.24) is 0 Å². The SMILES string of the molecule is [CH2+]CCCN=C=[N-]. The van der Waals surface area contributed by atoms with Crippen molar-refractivity contribution in [3.05, 3.63) is 12.3 Å². The molecule has 0 aliphatic heterocycles. The summed E-state index contributed by atoms with van der Waals surface area (Å²) in [4.78, 5) is 3.43. The lowest BCUT2D eigenvalue weighted by Gasteiger charge is -1.86. The lowest BCUT2D eigenvalue weighted by molar-refractivity contribution is 0.858. The molecule has 0 amide bonds. The molecule has 0 aromatic carbocycles. The topological polar surface area (TPSA) is 34.7 Å². The third-order valence-electron chi connectivity index (χ3n) is 0.591. The van der Waals surface area contributed by atoms with Crippen molar-refractivity contribution in [3.8, 4) is 0 Å². The molecular formula is C5H8N2. The first-order valence-electron chi connectivity index (χ1n) is 2.26. The van der Waals surface area contributed by atoms with Crippen molar-refractivity contribution < 1.29 is 0 Å². The van der Waals surface area contributed by atoms with Crippen LogP contribution in [0.5, 0.6) is 0 Å². The summed E-state index contributed by atoms with van der Waals surface area (Å²) in [5.41, 5.74) is 0. The summed E-state index contributed by atoms with van der Waals surface area (Å²) in [6.45, 7) is 4.23. The van der Waals surface area contributed by atoms with Crippen LogP contribution >= 0.6 is 0 Å². The highest BCUT2D eigenvalue weighted by atomic mass is 14.7. The fraction of sp³-hybridized carbons (Fsp3) is 0.600. The summed E-state index contributed by atoms with van der Waals surface area (Å²) >= 11 is 0. The molecule has 0 saturated carbocycles. The maximum absolute atomic E-state index is 7.86. The Labute approximate surface area is 43.8 Å². The molecule has 2 heteroatoms. The Kier molecular flexibility index (Phi) is 4.69. The van der Waals surface area contributed by atoms with Gasteiger partial charge < -0.3 is 10.4 Å². The smallest absolute Gasteiger partial charge is 0.0849 e. The highest BCUT2D eigenvalue weighted by Crippen LogP contribution is 1.83. The van der Waals surface area contributed by atoms with E-state index in [0.717, 1.165) is 12.8 Å². The van der Waals surface area contributed by atoms with Gasteiger partial charge in [-0.05, 0) is 13.0 Å². The predicted molar refractivity (Wildman–Crippen MR) is 30.3 cm³/mol. The average molecular weight is 96.1 g/mol. The summed E-state index contributed by atoms with van der Waals surface area (Å²) in [7, 11) is 0. The molecule has 0 fully saturated rings. The Morgan fingerprint density at radius 1 is 1.71 bits per heavy atom. The summed E-state index contributed by atoms with van der Waals surface area (Å²) < 4.78 is 0. The Bertz CT molecular complexity index is 72.1. The standard InChI is InChI=1S/C5H8N2/c1-2-3-4-7-5-6/h1-4H2. The maximum atomic E-state index is 7.86. The number of rotatable bonds is 3. The molecule has 0 heterocycles. The van der Waals surface area contributed by atoms with Crippen molar-refractivity contribution in [2.75, 3.05) is 6.54 Å². The van der Waals surface area contributed by atoms with E-state index in [1.165, 1.54) is 0 Å². The number of nitrogens with zero attached hydrogens (tertiary/aromatic N) is 2. The first-order chi connectivity index (χ1) is 3.41. The first-order valence-corrected chi connectivity index (χ1v) is 2.26. The summed E-state index contributed by atoms with van der Waals surface area (Å²) in [5.74, 6) is 0. The van der Waals surface area contributed by atoms with E-state index >= 15 is 0 Å². The number of hydrogen-bond acceptors (Lipinski definition) is 1. The van der Waals surface area contributed by atoms with Crippen LogP contribution in [0.25, 0.3) is 5.41 Å². The molecule has 0 aromatic heterocycles. The normalized spacial score (nSPS) is 7.43. The van der Waals surface area contributed by atoms with E-state index in [9.17, 15) is 0 Å². The van der Waals surface area contributed by atoms with E-state index < -0.39 is 0 Å². The van der Waals surface area contributed by atoms with Gasteiger partial charge in [0.15, 0.2) is 0 Å². The van der Waals surface area contributed by atoms with Crippen LogP contribution in [0.4, 0.5) is 0 Å². The number of unbranched alkanes of at least 4 members (excludes halogenated alkanes) is 1. The quantitative estimate of drug-likeness (QED) is 0.289. The van der Waals surface area contributed by atoms with Crippen LogP contribution in [-0.4, -0.2) is 12.6 Å². The molecule has 0 rings (SSSR count). The minimum absolute atomic E-state index is 0.639. The number of hydrogen-bond donors (Lipinski definition) is 0. The zero-order chi connectivity index (χ0) is 5.54. The number of aliphatic imine (C=N–C) groups is 1. The van der Waals surface area contributed by atoms with Crippen molar-refractivity contribution in [3.63, 3.8) is 0 Å². The minimum atomic E-state index is 0.639. The monoisotopic (exact) mass is 96.1 g/mol. The highest BCUT2D eigenvalue weighted by molar-refractivity contribution is 5.44. The predicted octanol–water partition coefficient (Wildman–Crippen LogP) is 1.34. The molecule has 0 spiro atoms. The molecule has 7 heavy (non-hydrogen) atoms. The lowest BCUT2D eigenvalue weighted by Crippen LogP contribution is -1.74. The third-order valence-corrected chi connectivity index (χ3v) is 0.591. The van der Waals surface area contributed by atoms with Crippen molar-refractivity contribution >= 4 is 6.01 Å². The maximum Gasteiger partial charge on any atom is 0.0849 e. The van der Waals surface area contributed by atoms with Gasteiger partial charge in [0.05, 0.1) is 13.3 Å². The molecule has 2 nitrogen and oxygen atoms in total. The van der Waals surface area contributed by atoms with Gasteiger partial charge in [-0.15, -0.1) is 0 Å². The van der Waals surface area contributed by atoms with Crippen LogP contribution in [0.15, 0.2) is 4.99 Å². The highest BCUT2D eigenvalue weighted by Gasteiger charge is 1.74. The second-order valence-electron chi connectivity index (χ2n) is 1.19. The van der Waals surface area contributed by atoms with Gasteiger partial charge in [-0.25, -0.2) is 0 Å². The molecule has 38 valence electrons. The van der Waals surface area contributed by atoms with E-state index in [-0.39, 0.29) is 0 Å². The van der Waals surface area contributed by atoms with Crippen molar-refractivity contribution in [2.24, 2.45) is 4.99 Å². The Balaban J connectivity index is 2.83. The fourth-order valence-corrected chi connectivity index (χ4v) is 0.241. The summed E-state index contributed by atoms with van der Waals surface area (Å²) in [5, 5.41) is 7.86. The molecule has 0 unspecified atom stereocenters. The van der Waals surface area contributed by atoms with Gasteiger partial charge >= 0.3 is 0 Å². The van der Waals surface area contributed by atoms with E-state index in [4.69, 9.17) is 5.41 Å². The largest absolute Gasteiger partial charge is 0.431 e. The van der Waals surface area contributed by atoms with Crippen LogP contribution in [0, 0.1) is 6.92 Å². The molecule has 0 saturated heterocycles. The fourth-order valence-electron chi connectivity index (χ4n) is 0.241. The lowest BCUT2D eigenvalue weighted by atomic mass is 10.3. The second kappa shape index (κ2) is 5.25. The minimum Gasteiger partial charge on any atom is -0.431 e. The summed E-state index contributed by atoms with van der Waals surface area (Å²) in [6.07, 6.45) is 1.79. The van der Waals surface area contributed by atoms with Crippen molar-refractivity contribution in [1.29, 1.82) is 0 Å². The van der Waals surface area contributed by atoms with E-state index in [1.807, 2.05) is 0 Å². The van der Waals surface area contributed by atoms with Gasteiger partial charge in [-0.3, -0.25) is 0 Å². The zero-order valence-electron chi connectivity index (χ0n) is 4.22. The van der Waals surface area contributed by atoms with Gasteiger partial charge in [-0.2, -0.15) is 6.01 Å². The molecular weight excluding hydrogens is 88.1 g/mol. The molecule has 0 aliphatic carbocycles. The molecule has 0 bridgehead atoms. The van der Waals surface area contributed by atoms with E-state index in [1.54, 1.807) is 6.01 Å². The molecule has 0 N–H and O–H groups in total. The van der Waals surface area contributed by atoms with Gasteiger partial charge in [0.1, 0.15) is 0 Å². The van der Waals surface area contributed by atoms with Crippen LogP contribution < -0.4 is 0 Å². The Morgan fingerprint density at radius 2 is 2.43 bits per heavy atom. The summed E-state index contributed by atoms with van der Waals surface area (Å²) in [6, 6.07) is 1.70. The molecule has 0 atom stereocenters. The van der Waals surface area contributed by atoms with Crippen LogP contribution in [0.3, 0.4) is 0 Å². The van der Waals surface area contributed by atoms with Crippen LogP contribution in [0.1, 0.15) is 12.8 Å². The van der Waals surface area contributed by atoms with Crippen molar-refractivity contribution in [2.45, 2.75) is 12.8 Å². The Morgan fingerprint density at radius 3 is 2.86 bits per heavy atom. The molecule has 0 radical (unpaired) electrons.